The maximum Gasteiger partial charge on any atom is 0.229 e. The summed E-state index contributed by atoms with van der Waals surface area (Å²) in [5.41, 5.74) is 0.561. The average Bonchev–Trinajstić information content (AvgIpc) is 2.74. The van der Waals surface area contributed by atoms with Crippen molar-refractivity contribution < 1.29 is 39.4 Å². The summed E-state index contributed by atoms with van der Waals surface area (Å²) in [5, 5.41) is 48.9. The topological polar surface area (TPSA) is 150 Å². The van der Waals surface area contributed by atoms with Gasteiger partial charge in [0.05, 0.1) is 12.0 Å². The van der Waals surface area contributed by atoms with E-state index in [1.165, 1.54) is 24.3 Å². The van der Waals surface area contributed by atoms with Gasteiger partial charge in [-0.2, -0.15) is 0 Å². The van der Waals surface area contributed by atoms with Gasteiger partial charge in [0.15, 0.2) is 5.43 Å². The first-order chi connectivity index (χ1) is 14.4. The highest BCUT2D eigenvalue weighted by Crippen LogP contribution is 2.28. The minimum atomic E-state index is -1.54. The summed E-state index contributed by atoms with van der Waals surface area (Å²) in [5.74, 6) is 0.549. The van der Waals surface area contributed by atoms with Crippen molar-refractivity contribution in [1.82, 2.24) is 0 Å². The Morgan fingerprint density at radius 3 is 2.37 bits per heavy atom. The quantitative estimate of drug-likeness (QED) is 0.406. The number of hydrogen-bond acceptors (Lipinski definition) is 9. The molecule has 1 aliphatic heterocycles. The summed E-state index contributed by atoms with van der Waals surface area (Å²) < 4.78 is 16.6. The lowest BCUT2D eigenvalue weighted by Crippen LogP contribution is -2.60. The normalized spacial score (nSPS) is 26.6. The summed E-state index contributed by atoms with van der Waals surface area (Å²) in [6.07, 6.45) is -6.90. The fraction of sp³-hybridized carbons (Fsp3) is 0.286. The van der Waals surface area contributed by atoms with Crippen LogP contribution in [-0.4, -0.2) is 62.8 Å². The molecule has 158 valence electrons. The highest BCUT2D eigenvalue weighted by molar-refractivity contribution is 5.80. The molecule has 0 bridgehead atoms. The molecule has 9 nitrogen and oxygen atoms in total. The van der Waals surface area contributed by atoms with Crippen molar-refractivity contribution in [2.24, 2.45) is 0 Å². The first kappa shape index (κ1) is 20.3. The molecule has 0 amide bonds. The van der Waals surface area contributed by atoms with Gasteiger partial charge in [0.1, 0.15) is 47.3 Å². The molecule has 0 aliphatic carbocycles. The van der Waals surface area contributed by atoms with Gasteiger partial charge in [-0.25, -0.2) is 0 Å². The summed E-state index contributed by atoms with van der Waals surface area (Å²) in [6, 6.07) is 11.9. The first-order valence-electron chi connectivity index (χ1n) is 9.22. The monoisotopic (exact) mass is 416 g/mol. The largest absolute Gasteiger partial charge is 0.508 e. The highest BCUT2D eigenvalue weighted by atomic mass is 16.7. The van der Waals surface area contributed by atoms with Crippen molar-refractivity contribution >= 4 is 11.0 Å². The van der Waals surface area contributed by atoms with E-state index in [1.54, 1.807) is 24.3 Å². The number of fused-ring (bicyclic) bond motifs is 1. The number of ether oxygens (including phenoxy) is 2. The van der Waals surface area contributed by atoms with Crippen LogP contribution in [0.4, 0.5) is 0 Å². The van der Waals surface area contributed by atoms with E-state index in [-0.39, 0.29) is 28.3 Å². The Bertz CT molecular complexity index is 1090. The van der Waals surface area contributed by atoms with E-state index in [2.05, 4.69) is 0 Å². The number of aromatic hydroxyl groups is 1. The Balaban J connectivity index is 1.56. The van der Waals surface area contributed by atoms with Gasteiger partial charge in [-0.15, -0.1) is 0 Å². The molecular weight excluding hydrogens is 396 g/mol. The molecule has 1 aliphatic rings. The molecular formula is C21H20O9. The van der Waals surface area contributed by atoms with Crippen LogP contribution < -0.4 is 10.2 Å². The minimum absolute atomic E-state index is 0.0222. The van der Waals surface area contributed by atoms with Crippen molar-refractivity contribution in [1.29, 1.82) is 0 Å². The van der Waals surface area contributed by atoms with Gasteiger partial charge in [-0.3, -0.25) is 4.79 Å². The molecule has 2 heterocycles. The Morgan fingerprint density at radius 1 is 0.933 bits per heavy atom. The summed E-state index contributed by atoms with van der Waals surface area (Å²) in [4.78, 5) is 12.3. The SMILES string of the molecule is O=c1cc(-c2ccc(O[C@@H]3O[C@H](CO)[C@@H](O)[C@H](O)[C@H]3O)cc2)oc2cc(O)ccc12. The van der Waals surface area contributed by atoms with Gasteiger partial charge < -0.3 is 39.4 Å². The van der Waals surface area contributed by atoms with Crippen LogP contribution in [0.1, 0.15) is 0 Å². The van der Waals surface area contributed by atoms with Gasteiger partial charge in [0, 0.05) is 17.7 Å². The van der Waals surface area contributed by atoms with Crippen LogP contribution in [-0.2, 0) is 4.74 Å². The number of phenols is 1. The van der Waals surface area contributed by atoms with Crippen molar-refractivity contribution in [2.75, 3.05) is 6.61 Å². The van der Waals surface area contributed by atoms with E-state index in [0.29, 0.717) is 10.9 Å². The van der Waals surface area contributed by atoms with E-state index in [4.69, 9.17) is 13.9 Å². The van der Waals surface area contributed by atoms with E-state index in [0.717, 1.165) is 0 Å². The van der Waals surface area contributed by atoms with Crippen LogP contribution in [0.15, 0.2) is 57.7 Å². The molecule has 0 unspecified atom stereocenters. The third-order valence-corrected chi connectivity index (χ3v) is 4.95. The van der Waals surface area contributed by atoms with E-state index >= 15 is 0 Å². The predicted molar refractivity (Wildman–Crippen MR) is 104 cm³/mol. The molecule has 0 spiro atoms. The smallest absolute Gasteiger partial charge is 0.229 e. The second-order valence-corrected chi connectivity index (χ2v) is 6.99. The molecule has 5 N–H and O–H groups in total. The number of benzene rings is 2. The van der Waals surface area contributed by atoms with E-state index < -0.39 is 37.3 Å². The standard InChI is InChI=1S/C21H20O9/c22-9-17-18(25)19(26)20(27)21(30-17)28-12-4-1-10(2-5-12)15-8-14(24)13-6-3-11(23)7-16(13)29-15/h1-8,17-23,25-27H,9H2/t17-,18-,19+,20-,21-/m1/s1. The highest BCUT2D eigenvalue weighted by Gasteiger charge is 2.44. The van der Waals surface area contributed by atoms with Crippen LogP contribution in [0.25, 0.3) is 22.3 Å². The van der Waals surface area contributed by atoms with Crippen LogP contribution in [0.2, 0.25) is 0 Å². The Hall–Kier alpha value is -2.95. The molecule has 1 saturated heterocycles. The van der Waals surface area contributed by atoms with E-state index in [9.17, 15) is 30.3 Å². The lowest BCUT2D eigenvalue weighted by atomic mass is 9.99. The Morgan fingerprint density at radius 2 is 1.67 bits per heavy atom. The van der Waals surface area contributed by atoms with Gasteiger partial charge in [-0.1, -0.05) is 0 Å². The molecule has 5 atom stereocenters. The number of rotatable bonds is 4. The fourth-order valence-electron chi connectivity index (χ4n) is 3.28. The van der Waals surface area contributed by atoms with Gasteiger partial charge in [0.2, 0.25) is 6.29 Å². The number of aliphatic hydroxyl groups is 4. The van der Waals surface area contributed by atoms with Crippen molar-refractivity contribution in [3.63, 3.8) is 0 Å². The van der Waals surface area contributed by atoms with Crippen LogP contribution >= 0.6 is 0 Å². The second-order valence-electron chi connectivity index (χ2n) is 6.99. The molecule has 3 aromatic rings. The lowest BCUT2D eigenvalue weighted by Gasteiger charge is -2.39. The predicted octanol–water partition coefficient (Wildman–Crippen LogP) is 0.344. The third kappa shape index (κ3) is 3.76. The second kappa shape index (κ2) is 8.05. The molecule has 30 heavy (non-hydrogen) atoms. The van der Waals surface area contributed by atoms with Crippen molar-refractivity contribution in [3.05, 3.63) is 58.8 Å². The maximum absolute atomic E-state index is 12.3. The lowest BCUT2D eigenvalue weighted by molar-refractivity contribution is -0.277. The molecule has 2 aromatic carbocycles. The fourth-order valence-corrected chi connectivity index (χ4v) is 3.28. The Kier molecular flexibility index (Phi) is 5.46. The Labute approximate surface area is 170 Å². The zero-order valence-electron chi connectivity index (χ0n) is 15.6. The molecule has 1 aromatic heterocycles. The third-order valence-electron chi connectivity index (χ3n) is 4.95. The van der Waals surface area contributed by atoms with Gasteiger partial charge in [0.25, 0.3) is 0 Å². The van der Waals surface area contributed by atoms with Crippen molar-refractivity contribution in [3.8, 4) is 22.8 Å². The van der Waals surface area contributed by atoms with Crippen LogP contribution in [0.3, 0.4) is 0 Å². The number of phenolic OH excluding ortho intramolecular Hbond substituents is 1. The summed E-state index contributed by atoms with van der Waals surface area (Å²) >= 11 is 0. The van der Waals surface area contributed by atoms with Crippen molar-refractivity contribution in [2.45, 2.75) is 30.7 Å². The van der Waals surface area contributed by atoms with Gasteiger partial charge in [-0.05, 0) is 36.4 Å². The number of aliphatic hydroxyl groups excluding tert-OH is 4. The molecule has 1 fully saturated rings. The summed E-state index contributed by atoms with van der Waals surface area (Å²) in [7, 11) is 0. The number of hydrogen-bond donors (Lipinski definition) is 5. The van der Waals surface area contributed by atoms with E-state index in [1.807, 2.05) is 0 Å². The zero-order chi connectivity index (χ0) is 21.4. The summed E-state index contributed by atoms with van der Waals surface area (Å²) in [6.45, 7) is -0.555. The minimum Gasteiger partial charge on any atom is -0.508 e. The first-order valence-corrected chi connectivity index (χ1v) is 9.22. The zero-order valence-corrected chi connectivity index (χ0v) is 15.6. The van der Waals surface area contributed by atoms with Gasteiger partial charge >= 0.3 is 0 Å². The molecule has 0 saturated carbocycles. The average molecular weight is 416 g/mol. The molecule has 4 rings (SSSR count). The van der Waals surface area contributed by atoms with Crippen LogP contribution in [0.5, 0.6) is 11.5 Å². The molecule has 9 heteroatoms. The van der Waals surface area contributed by atoms with Crippen LogP contribution in [0, 0.1) is 0 Å². The maximum atomic E-state index is 12.3. The molecule has 0 radical (unpaired) electrons.